The Balaban J connectivity index is 1.61. The van der Waals surface area contributed by atoms with E-state index in [0.29, 0.717) is 11.8 Å². The first kappa shape index (κ1) is 19.2. The van der Waals surface area contributed by atoms with Gasteiger partial charge >= 0.3 is 0 Å². The van der Waals surface area contributed by atoms with E-state index in [9.17, 15) is 13.6 Å². The van der Waals surface area contributed by atoms with Crippen LogP contribution in [0.5, 0.6) is 5.75 Å². The normalized spacial score (nSPS) is 12.5. The minimum Gasteiger partial charge on any atom is -0.478 e. The molecule has 1 aromatic heterocycles. The molecular formula is C20H18F2N4O2. The number of amides is 1. The summed E-state index contributed by atoms with van der Waals surface area (Å²) < 4.78 is 33.6. The molecule has 8 heteroatoms. The first-order chi connectivity index (χ1) is 13.4. The van der Waals surface area contributed by atoms with Crippen molar-refractivity contribution in [2.45, 2.75) is 20.0 Å². The van der Waals surface area contributed by atoms with Crippen molar-refractivity contribution < 1.29 is 18.3 Å². The van der Waals surface area contributed by atoms with Gasteiger partial charge in [0.05, 0.1) is 12.0 Å². The Bertz CT molecular complexity index is 986. The molecule has 3 aromatic rings. The summed E-state index contributed by atoms with van der Waals surface area (Å²) in [5, 5.41) is 4.05. The maximum Gasteiger partial charge on any atom is 0.280 e. The van der Waals surface area contributed by atoms with Crippen molar-refractivity contribution in [1.82, 2.24) is 15.0 Å². The minimum absolute atomic E-state index is 0.208. The van der Waals surface area contributed by atoms with E-state index in [-0.39, 0.29) is 5.75 Å². The molecule has 1 N–H and O–H groups in total. The predicted molar refractivity (Wildman–Crippen MR) is 100 cm³/mol. The first-order valence-corrected chi connectivity index (χ1v) is 8.48. The zero-order chi connectivity index (χ0) is 20.1. The van der Waals surface area contributed by atoms with Crippen LogP contribution in [0.1, 0.15) is 19.4 Å². The maximum atomic E-state index is 13.6. The molecule has 0 saturated heterocycles. The second kappa shape index (κ2) is 8.43. The Labute approximate surface area is 160 Å². The van der Waals surface area contributed by atoms with Crippen LogP contribution < -0.4 is 10.2 Å². The van der Waals surface area contributed by atoms with E-state index in [1.54, 1.807) is 19.4 Å². The smallest absolute Gasteiger partial charge is 0.280 e. The number of hydrazone groups is 1. The summed E-state index contributed by atoms with van der Waals surface area (Å²) in [6, 6.07) is 10.4. The molecule has 1 heterocycles. The van der Waals surface area contributed by atoms with E-state index in [4.69, 9.17) is 4.74 Å². The van der Waals surface area contributed by atoms with Crippen LogP contribution in [0.15, 0.2) is 66.3 Å². The fourth-order valence-corrected chi connectivity index (χ4v) is 2.40. The Hall–Kier alpha value is -3.55. The Morgan fingerprint density at radius 1 is 1.21 bits per heavy atom. The average Bonchev–Trinajstić information content (AvgIpc) is 3.23. The van der Waals surface area contributed by atoms with Gasteiger partial charge in [0, 0.05) is 24.1 Å². The van der Waals surface area contributed by atoms with Gasteiger partial charge in [-0.05, 0) is 43.7 Å². The van der Waals surface area contributed by atoms with Gasteiger partial charge in [0.1, 0.15) is 5.82 Å². The van der Waals surface area contributed by atoms with Crippen LogP contribution in [0.4, 0.5) is 8.78 Å². The lowest BCUT2D eigenvalue weighted by atomic mass is 10.1. The van der Waals surface area contributed by atoms with Gasteiger partial charge in [-0.1, -0.05) is 12.1 Å². The highest BCUT2D eigenvalue weighted by atomic mass is 19.1. The molecular weight excluding hydrogens is 366 g/mol. The summed E-state index contributed by atoms with van der Waals surface area (Å²) in [6.45, 7) is 3.20. The standard InChI is InChI=1S/C20H18F2N4O2/c1-13(15-3-6-17(7-4-15)26-10-9-23-12-26)24-25-20(27)14(2)28-19-8-5-16(21)11-18(19)22/h3-12,14H,1-2H3,(H,25,27). The topological polar surface area (TPSA) is 68.5 Å². The van der Waals surface area contributed by atoms with Gasteiger partial charge in [-0.15, -0.1) is 0 Å². The van der Waals surface area contributed by atoms with Crippen molar-refractivity contribution in [2.75, 3.05) is 0 Å². The van der Waals surface area contributed by atoms with Crippen molar-refractivity contribution >= 4 is 11.6 Å². The number of rotatable bonds is 6. The first-order valence-electron chi connectivity index (χ1n) is 8.48. The van der Waals surface area contributed by atoms with Crippen LogP contribution >= 0.6 is 0 Å². The molecule has 1 unspecified atom stereocenters. The number of carbonyl (C=O) groups is 1. The van der Waals surface area contributed by atoms with Gasteiger partial charge in [0.15, 0.2) is 17.7 Å². The second-order valence-electron chi connectivity index (χ2n) is 6.02. The number of hydrogen-bond donors (Lipinski definition) is 1. The van der Waals surface area contributed by atoms with E-state index in [1.807, 2.05) is 35.0 Å². The van der Waals surface area contributed by atoms with Crippen molar-refractivity contribution in [3.8, 4) is 11.4 Å². The fourth-order valence-electron chi connectivity index (χ4n) is 2.40. The molecule has 0 aliphatic heterocycles. The molecule has 0 aliphatic rings. The zero-order valence-electron chi connectivity index (χ0n) is 15.3. The lowest BCUT2D eigenvalue weighted by molar-refractivity contribution is -0.127. The van der Waals surface area contributed by atoms with Crippen molar-refractivity contribution in [3.63, 3.8) is 0 Å². The predicted octanol–water partition coefficient (Wildman–Crippen LogP) is 3.46. The molecule has 2 aromatic carbocycles. The number of hydrogen-bond acceptors (Lipinski definition) is 4. The molecule has 0 spiro atoms. The maximum absolute atomic E-state index is 13.6. The number of benzene rings is 2. The summed E-state index contributed by atoms with van der Waals surface area (Å²) >= 11 is 0. The third kappa shape index (κ3) is 4.59. The summed E-state index contributed by atoms with van der Waals surface area (Å²) in [7, 11) is 0. The number of ether oxygens (including phenoxy) is 1. The zero-order valence-corrected chi connectivity index (χ0v) is 15.3. The van der Waals surface area contributed by atoms with Gasteiger partial charge in [0.25, 0.3) is 5.91 Å². The minimum atomic E-state index is -1.01. The van der Waals surface area contributed by atoms with Gasteiger partial charge in [-0.3, -0.25) is 4.79 Å². The molecule has 0 saturated carbocycles. The van der Waals surface area contributed by atoms with Crippen LogP contribution in [-0.4, -0.2) is 27.3 Å². The molecule has 0 bridgehead atoms. The molecule has 144 valence electrons. The highest BCUT2D eigenvalue weighted by Gasteiger charge is 2.16. The molecule has 3 rings (SSSR count). The summed E-state index contributed by atoms with van der Waals surface area (Å²) in [5.74, 6) is -2.36. The lowest BCUT2D eigenvalue weighted by Gasteiger charge is -2.14. The molecule has 6 nitrogen and oxygen atoms in total. The van der Waals surface area contributed by atoms with Crippen LogP contribution in [-0.2, 0) is 4.79 Å². The summed E-state index contributed by atoms with van der Waals surface area (Å²) in [6.07, 6.45) is 4.21. The van der Waals surface area contributed by atoms with Crippen LogP contribution in [0.25, 0.3) is 5.69 Å². The number of aromatic nitrogens is 2. The largest absolute Gasteiger partial charge is 0.478 e. The van der Waals surface area contributed by atoms with E-state index in [2.05, 4.69) is 15.5 Å². The van der Waals surface area contributed by atoms with Crippen LogP contribution in [0, 0.1) is 11.6 Å². The lowest BCUT2D eigenvalue weighted by Crippen LogP contribution is -2.34. The summed E-state index contributed by atoms with van der Waals surface area (Å²) in [5.41, 5.74) is 4.74. The quantitative estimate of drug-likeness (QED) is 0.523. The number of imidazole rings is 1. The van der Waals surface area contributed by atoms with Crippen molar-refractivity contribution in [3.05, 3.63) is 78.4 Å². The summed E-state index contributed by atoms with van der Waals surface area (Å²) in [4.78, 5) is 16.1. The highest BCUT2D eigenvalue weighted by molar-refractivity contribution is 5.99. The Kier molecular flexibility index (Phi) is 5.78. The van der Waals surface area contributed by atoms with E-state index in [1.165, 1.54) is 6.92 Å². The number of nitrogens with zero attached hydrogens (tertiary/aromatic N) is 3. The molecule has 1 amide bonds. The fraction of sp³-hybridized carbons (Fsp3) is 0.150. The van der Waals surface area contributed by atoms with Crippen LogP contribution in [0.2, 0.25) is 0 Å². The Morgan fingerprint density at radius 3 is 2.61 bits per heavy atom. The van der Waals surface area contributed by atoms with Crippen molar-refractivity contribution in [2.24, 2.45) is 5.10 Å². The number of halogens is 2. The van der Waals surface area contributed by atoms with Gasteiger partial charge < -0.3 is 9.30 Å². The SMILES string of the molecule is CC(=NNC(=O)C(C)Oc1ccc(F)cc1F)c1ccc(-n2ccnc2)cc1. The van der Waals surface area contributed by atoms with Crippen molar-refractivity contribution in [1.29, 1.82) is 0 Å². The van der Waals surface area contributed by atoms with E-state index in [0.717, 1.165) is 23.4 Å². The van der Waals surface area contributed by atoms with E-state index >= 15 is 0 Å². The molecule has 0 radical (unpaired) electrons. The molecule has 0 aliphatic carbocycles. The van der Waals surface area contributed by atoms with Gasteiger partial charge in [0.2, 0.25) is 0 Å². The molecule has 0 fully saturated rings. The number of carbonyl (C=O) groups excluding carboxylic acids is 1. The Morgan fingerprint density at radius 2 is 1.96 bits per heavy atom. The molecule has 1 atom stereocenters. The van der Waals surface area contributed by atoms with Crippen LogP contribution in [0.3, 0.4) is 0 Å². The monoisotopic (exact) mass is 384 g/mol. The average molecular weight is 384 g/mol. The van der Waals surface area contributed by atoms with E-state index < -0.39 is 23.6 Å². The third-order valence-corrected chi connectivity index (χ3v) is 3.99. The molecule has 28 heavy (non-hydrogen) atoms. The van der Waals surface area contributed by atoms with Gasteiger partial charge in [-0.2, -0.15) is 5.10 Å². The second-order valence-corrected chi connectivity index (χ2v) is 6.02. The highest BCUT2D eigenvalue weighted by Crippen LogP contribution is 2.19. The number of nitrogens with one attached hydrogen (secondary N) is 1. The third-order valence-electron chi connectivity index (χ3n) is 3.99. The van der Waals surface area contributed by atoms with Gasteiger partial charge in [-0.25, -0.2) is 19.2 Å².